The summed E-state index contributed by atoms with van der Waals surface area (Å²) in [7, 11) is 0. The number of aromatic nitrogens is 2. The van der Waals surface area contributed by atoms with Crippen LogP contribution in [0.3, 0.4) is 0 Å². The van der Waals surface area contributed by atoms with Gasteiger partial charge in [-0.1, -0.05) is 52.6 Å². The minimum atomic E-state index is -1.98. The third kappa shape index (κ3) is 5.60. The molecular weight excluding hydrogens is 571 g/mol. The zero-order chi connectivity index (χ0) is 27.9. The minimum absolute atomic E-state index is 0.0759. The summed E-state index contributed by atoms with van der Waals surface area (Å²) in [6.07, 6.45) is 1.35. The first-order chi connectivity index (χ1) is 18.6. The summed E-state index contributed by atoms with van der Waals surface area (Å²) in [6.45, 7) is 1.64. The lowest BCUT2D eigenvalue weighted by molar-refractivity contribution is -0.115. The molecule has 4 aromatic rings. The Bertz CT molecular complexity index is 1570. The summed E-state index contributed by atoms with van der Waals surface area (Å²) in [6, 6.07) is 13.4. The maximum Gasteiger partial charge on any atom is 0.237 e. The predicted molar refractivity (Wildman–Crippen MR) is 144 cm³/mol. The van der Waals surface area contributed by atoms with Crippen molar-refractivity contribution in [1.82, 2.24) is 10.1 Å². The molecule has 2 unspecified atom stereocenters. The highest BCUT2D eigenvalue weighted by Crippen LogP contribution is 2.57. The molecule has 202 valence electrons. The fourth-order valence-corrected chi connectivity index (χ4v) is 5.62. The van der Waals surface area contributed by atoms with Crippen molar-refractivity contribution in [3.05, 3.63) is 98.9 Å². The number of rotatable bonds is 8. The van der Waals surface area contributed by atoms with Crippen LogP contribution in [0.25, 0.3) is 11.4 Å². The molecule has 0 spiro atoms. The number of hydrogen-bond acceptors (Lipinski definition) is 5. The van der Waals surface area contributed by atoms with E-state index >= 15 is 0 Å². The first-order valence-electron chi connectivity index (χ1n) is 11.8. The van der Waals surface area contributed by atoms with Crippen molar-refractivity contribution in [2.45, 2.75) is 36.9 Å². The van der Waals surface area contributed by atoms with Crippen LogP contribution in [0.1, 0.15) is 47.6 Å². The number of anilines is 1. The normalized spacial score (nSPS) is 15.5. The molecule has 1 heterocycles. The van der Waals surface area contributed by atoms with Gasteiger partial charge in [0.2, 0.25) is 17.6 Å². The number of halogens is 4. The number of benzene rings is 3. The maximum atomic E-state index is 13.7. The van der Waals surface area contributed by atoms with Crippen molar-refractivity contribution < 1.29 is 26.9 Å². The molecule has 5 rings (SSSR count). The Morgan fingerprint density at radius 3 is 2.36 bits per heavy atom. The Kier molecular flexibility index (Phi) is 7.56. The second kappa shape index (κ2) is 10.8. The van der Waals surface area contributed by atoms with Gasteiger partial charge in [0.05, 0.1) is 17.1 Å². The van der Waals surface area contributed by atoms with E-state index in [9.17, 15) is 22.3 Å². The Balaban J connectivity index is 1.31. The van der Waals surface area contributed by atoms with Gasteiger partial charge >= 0.3 is 0 Å². The van der Waals surface area contributed by atoms with E-state index in [1.165, 1.54) is 6.07 Å². The number of hydrogen-bond donors (Lipinski definition) is 2. The van der Waals surface area contributed by atoms with Crippen molar-refractivity contribution in [2.75, 3.05) is 5.32 Å². The van der Waals surface area contributed by atoms with Crippen LogP contribution in [-0.4, -0.2) is 24.8 Å². The quantitative estimate of drug-likeness (QED) is 0.217. The number of amides is 1. The minimum Gasteiger partial charge on any atom is -0.338 e. The molecule has 1 amide bonds. The highest BCUT2D eigenvalue weighted by molar-refractivity contribution is 7.79. The Labute approximate surface area is 234 Å². The van der Waals surface area contributed by atoms with Crippen LogP contribution in [0.5, 0.6) is 0 Å². The first kappa shape index (κ1) is 27.4. The van der Waals surface area contributed by atoms with Crippen LogP contribution < -0.4 is 5.32 Å². The summed E-state index contributed by atoms with van der Waals surface area (Å²) < 4.78 is 53.0. The van der Waals surface area contributed by atoms with E-state index in [-0.39, 0.29) is 29.6 Å². The van der Waals surface area contributed by atoms with E-state index in [1.54, 1.807) is 43.3 Å². The number of nitrogens with zero attached hydrogens (tertiary/aromatic N) is 2. The molecule has 0 bridgehead atoms. The monoisotopic (exact) mass is 591 g/mol. The lowest BCUT2D eigenvalue weighted by Crippen LogP contribution is -2.16. The van der Waals surface area contributed by atoms with Gasteiger partial charge in [-0.3, -0.25) is 4.79 Å². The van der Waals surface area contributed by atoms with Gasteiger partial charge < -0.3 is 14.4 Å². The molecule has 2 atom stereocenters. The lowest BCUT2D eigenvalue weighted by atomic mass is 9.95. The van der Waals surface area contributed by atoms with Gasteiger partial charge in [0.15, 0.2) is 22.7 Å². The topological polar surface area (TPSA) is 105 Å². The molecule has 39 heavy (non-hydrogen) atoms. The number of carbonyl (C=O) groups excluding carboxylic acids is 1. The van der Waals surface area contributed by atoms with Crippen molar-refractivity contribution in [1.29, 1.82) is 0 Å². The summed E-state index contributed by atoms with van der Waals surface area (Å²) >= 11 is 11.3. The molecule has 0 aliphatic heterocycles. The molecule has 1 aromatic heterocycles. The number of carbonyl (C=O) groups is 1. The summed E-state index contributed by atoms with van der Waals surface area (Å²) in [5.41, 5.74) is 1.95. The second-order valence-electron chi connectivity index (χ2n) is 9.33. The highest BCUT2D eigenvalue weighted by atomic mass is 35.5. The molecular formula is C27H21Cl2F2N3O4S. The van der Waals surface area contributed by atoms with Crippen LogP contribution >= 0.6 is 23.2 Å². The van der Waals surface area contributed by atoms with Gasteiger partial charge in [-0.2, -0.15) is 4.98 Å². The molecule has 7 nitrogen and oxygen atoms in total. The van der Waals surface area contributed by atoms with Gasteiger partial charge in [0, 0.05) is 26.9 Å². The largest absolute Gasteiger partial charge is 0.338 e. The summed E-state index contributed by atoms with van der Waals surface area (Å²) in [4.78, 5) is 17.1. The molecule has 1 aliphatic carbocycles. The fourth-order valence-electron chi connectivity index (χ4n) is 4.38. The smallest absolute Gasteiger partial charge is 0.237 e. The van der Waals surface area contributed by atoms with Crippen LogP contribution in [0.2, 0.25) is 10.0 Å². The van der Waals surface area contributed by atoms with Crippen molar-refractivity contribution >= 4 is 45.9 Å². The molecule has 1 aliphatic rings. The highest BCUT2D eigenvalue weighted by Gasteiger charge is 2.53. The lowest BCUT2D eigenvalue weighted by Gasteiger charge is -2.17. The molecule has 1 saturated carbocycles. The van der Waals surface area contributed by atoms with E-state index in [1.807, 2.05) is 0 Å². The molecule has 0 radical (unpaired) electrons. The number of nitrogens with one attached hydrogen (secondary N) is 1. The van der Waals surface area contributed by atoms with Gasteiger partial charge in [0.25, 0.3) is 0 Å². The first-order valence-corrected chi connectivity index (χ1v) is 13.8. The van der Waals surface area contributed by atoms with Crippen LogP contribution in [-0.2, 0) is 27.7 Å². The predicted octanol–water partition coefficient (Wildman–Crippen LogP) is 6.87. The Morgan fingerprint density at radius 2 is 1.77 bits per heavy atom. The van der Waals surface area contributed by atoms with Crippen molar-refractivity contribution in [2.24, 2.45) is 0 Å². The third-order valence-electron chi connectivity index (χ3n) is 6.68. The van der Waals surface area contributed by atoms with Gasteiger partial charge in [0.1, 0.15) is 0 Å². The SMILES string of the molecule is CC(c1ccc(CC(=O)Nc2cc(Cl)c(C3(c4nc(-c5ccc(F)c(F)c5)no4)CC3)c(Cl)c2)cc1)S(=O)O. The van der Waals surface area contributed by atoms with Crippen molar-refractivity contribution in [3.8, 4) is 11.4 Å². The average Bonchev–Trinajstić information content (AvgIpc) is 3.51. The van der Waals surface area contributed by atoms with Gasteiger partial charge in [-0.25, -0.2) is 13.0 Å². The fraction of sp³-hybridized carbons (Fsp3) is 0.222. The average molecular weight is 592 g/mol. The van der Waals surface area contributed by atoms with E-state index in [2.05, 4.69) is 15.5 Å². The molecule has 1 fully saturated rings. The second-order valence-corrected chi connectivity index (χ2v) is 11.4. The zero-order valence-electron chi connectivity index (χ0n) is 20.4. The molecule has 3 aromatic carbocycles. The standard InChI is InChI=1S/C27H21Cl2F2N3O4S/c1-14(39(36)37)16-4-2-15(3-5-16)10-23(35)32-18-12-19(28)24(20(29)13-18)27(8-9-27)26-33-25(34-38-26)17-6-7-21(30)22(31)11-17/h2-7,11-14H,8-10H2,1H3,(H,32,35)(H,36,37). The third-order valence-corrected chi connectivity index (χ3v) is 8.16. The maximum absolute atomic E-state index is 13.7. The van der Waals surface area contributed by atoms with Crippen molar-refractivity contribution in [3.63, 3.8) is 0 Å². The van der Waals surface area contributed by atoms with E-state index in [0.29, 0.717) is 39.7 Å². The van der Waals surface area contributed by atoms with E-state index in [4.69, 9.17) is 27.7 Å². The van der Waals surface area contributed by atoms with Crippen LogP contribution in [0.4, 0.5) is 14.5 Å². The van der Waals surface area contributed by atoms with E-state index < -0.39 is 33.4 Å². The Morgan fingerprint density at radius 1 is 1.10 bits per heavy atom. The zero-order valence-corrected chi connectivity index (χ0v) is 22.7. The van der Waals surface area contributed by atoms with Crippen LogP contribution in [0, 0.1) is 11.6 Å². The Hall–Kier alpha value is -3.18. The summed E-state index contributed by atoms with van der Waals surface area (Å²) in [5.74, 6) is -1.93. The van der Waals surface area contributed by atoms with Gasteiger partial charge in [-0.05, 0) is 61.2 Å². The van der Waals surface area contributed by atoms with Gasteiger partial charge in [-0.15, -0.1) is 0 Å². The molecule has 0 saturated heterocycles. The summed E-state index contributed by atoms with van der Waals surface area (Å²) in [5, 5.41) is 6.79. The van der Waals surface area contributed by atoms with E-state index in [0.717, 1.165) is 17.7 Å². The molecule has 2 N–H and O–H groups in total. The van der Waals surface area contributed by atoms with Crippen LogP contribution in [0.15, 0.2) is 59.1 Å². The molecule has 12 heteroatoms.